The van der Waals surface area contributed by atoms with Crippen molar-refractivity contribution in [2.45, 2.75) is 25.3 Å². The van der Waals surface area contributed by atoms with Gasteiger partial charge in [0.25, 0.3) is 0 Å². The van der Waals surface area contributed by atoms with Crippen LogP contribution in [0.25, 0.3) is 0 Å². The summed E-state index contributed by atoms with van der Waals surface area (Å²) >= 11 is 3.42. The molecule has 0 saturated carbocycles. The second-order valence-electron chi connectivity index (χ2n) is 4.85. The molecule has 1 aliphatic rings. The summed E-state index contributed by atoms with van der Waals surface area (Å²) in [6.45, 7) is 1.52. The van der Waals surface area contributed by atoms with Gasteiger partial charge in [0.15, 0.2) is 0 Å². The van der Waals surface area contributed by atoms with E-state index in [1.165, 1.54) is 0 Å². The summed E-state index contributed by atoms with van der Waals surface area (Å²) in [6, 6.07) is 5.96. The van der Waals surface area contributed by atoms with E-state index < -0.39 is 0 Å². The van der Waals surface area contributed by atoms with Crippen LogP contribution >= 0.6 is 15.9 Å². The number of ether oxygens (including phenoxy) is 1. The third-order valence-electron chi connectivity index (χ3n) is 3.48. The van der Waals surface area contributed by atoms with E-state index in [4.69, 9.17) is 10.5 Å². The lowest BCUT2D eigenvalue weighted by Crippen LogP contribution is -2.43. The maximum Gasteiger partial charge on any atom is 0.227 e. The monoisotopic (exact) mass is 326 g/mol. The van der Waals surface area contributed by atoms with Crippen molar-refractivity contribution in [1.29, 1.82) is 0 Å². The van der Waals surface area contributed by atoms with E-state index in [-0.39, 0.29) is 11.9 Å². The lowest BCUT2D eigenvalue weighted by molar-refractivity contribution is -0.131. The van der Waals surface area contributed by atoms with Gasteiger partial charge in [-0.25, -0.2) is 0 Å². The molecule has 1 aromatic rings. The molecule has 0 unspecified atom stereocenters. The zero-order valence-electron chi connectivity index (χ0n) is 11.1. The average molecular weight is 327 g/mol. The van der Waals surface area contributed by atoms with E-state index in [2.05, 4.69) is 15.9 Å². The number of piperidine rings is 1. The first-order valence-corrected chi connectivity index (χ1v) is 7.25. The molecule has 1 aromatic carbocycles. The minimum absolute atomic E-state index is 0.142. The van der Waals surface area contributed by atoms with Crippen molar-refractivity contribution in [3.05, 3.63) is 28.2 Å². The number of likely N-dealkylation sites (tertiary alicyclic amines) is 1. The van der Waals surface area contributed by atoms with Gasteiger partial charge in [0.1, 0.15) is 5.75 Å². The number of benzene rings is 1. The second-order valence-corrected chi connectivity index (χ2v) is 5.77. The van der Waals surface area contributed by atoms with Gasteiger partial charge in [0.05, 0.1) is 13.5 Å². The van der Waals surface area contributed by atoms with Crippen LogP contribution in [0.3, 0.4) is 0 Å². The number of nitrogens with zero attached hydrogens (tertiary/aromatic N) is 1. The predicted octanol–water partition coefficient (Wildman–Crippen LogP) is 1.95. The predicted molar refractivity (Wildman–Crippen MR) is 78.2 cm³/mol. The highest BCUT2D eigenvalue weighted by Crippen LogP contribution is 2.24. The van der Waals surface area contributed by atoms with E-state index >= 15 is 0 Å². The fourth-order valence-corrected chi connectivity index (χ4v) is 2.72. The van der Waals surface area contributed by atoms with Crippen molar-refractivity contribution in [3.8, 4) is 5.75 Å². The van der Waals surface area contributed by atoms with E-state index in [0.29, 0.717) is 6.42 Å². The van der Waals surface area contributed by atoms with Crippen molar-refractivity contribution in [2.24, 2.45) is 5.73 Å². The SMILES string of the molecule is COc1ccc(Br)cc1CC(=O)N1CCC(N)CC1. The number of hydrogen-bond acceptors (Lipinski definition) is 3. The lowest BCUT2D eigenvalue weighted by Gasteiger charge is -2.30. The molecule has 104 valence electrons. The van der Waals surface area contributed by atoms with E-state index in [0.717, 1.165) is 41.7 Å². The van der Waals surface area contributed by atoms with Crippen molar-refractivity contribution in [1.82, 2.24) is 4.90 Å². The van der Waals surface area contributed by atoms with Gasteiger partial charge in [-0.2, -0.15) is 0 Å². The molecule has 2 rings (SSSR count). The van der Waals surface area contributed by atoms with Crippen LogP contribution in [-0.2, 0) is 11.2 Å². The van der Waals surface area contributed by atoms with Crippen LogP contribution in [-0.4, -0.2) is 37.0 Å². The Labute approximate surface area is 122 Å². The third-order valence-corrected chi connectivity index (χ3v) is 3.97. The minimum atomic E-state index is 0.142. The summed E-state index contributed by atoms with van der Waals surface area (Å²) in [7, 11) is 1.62. The van der Waals surface area contributed by atoms with Gasteiger partial charge in [-0.15, -0.1) is 0 Å². The molecule has 4 nitrogen and oxygen atoms in total. The Morgan fingerprint density at radius 1 is 1.47 bits per heavy atom. The van der Waals surface area contributed by atoms with E-state index in [1.807, 2.05) is 23.1 Å². The van der Waals surface area contributed by atoms with Crippen LogP contribution < -0.4 is 10.5 Å². The standard InChI is InChI=1S/C14H19BrN2O2/c1-19-13-3-2-11(15)8-10(13)9-14(18)17-6-4-12(16)5-7-17/h2-3,8,12H,4-7,9,16H2,1H3. The highest BCUT2D eigenvalue weighted by atomic mass is 79.9. The van der Waals surface area contributed by atoms with Crippen molar-refractivity contribution in [2.75, 3.05) is 20.2 Å². The first-order chi connectivity index (χ1) is 9.10. The second kappa shape index (κ2) is 6.39. The number of amides is 1. The van der Waals surface area contributed by atoms with Gasteiger partial charge in [-0.05, 0) is 31.0 Å². The van der Waals surface area contributed by atoms with E-state index in [1.54, 1.807) is 7.11 Å². The Balaban J connectivity index is 2.04. The summed E-state index contributed by atoms with van der Waals surface area (Å²) in [5.74, 6) is 0.897. The summed E-state index contributed by atoms with van der Waals surface area (Å²) < 4.78 is 6.25. The fraction of sp³-hybridized carbons (Fsp3) is 0.500. The molecule has 0 aromatic heterocycles. The third kappa shape index (κ3) is 3.70. The van der Waals surface area contributed by atoms with Crippen LogP contribution in [0.5, 0.6) is 5.75 Å². The molecule has 1 heterocycles. The molecule has 0 spiro atoms. The molecule has 0 aliphatic carbocycles. The molecular weight excluding hydrogens is 308 g/mol. The van der Waals surface area contributed by atoms with Gasteiger partial charge in [-0.1, -0.05) is 15.9 Å². The summed E-state index contributed by atoms with van der Waals surface area (Å²) in [5.41, 5.74) is 6.76. The molecule has 0 bridgehead atoms. The van der Waals surface area contributed by atoms with Crippen LogP contribution in [0.1, 0.15) is 18.4 Å². The fourth-order valence-electron chi connectivity index (χ4n) is 2.31. The van der Waals surface area contributed by atoms with Gasteiger partial charge in [-0.3, -0.25) is 4.79 Å². The summed E-state index contributed by atoms with van der Waals surface area (Å²) in [6.07, 6.45) is 2.15. The highest BCUT2D eigenvalue weighted by molar-refractivity contribution is 9.10. The largest absolute Gasteiger partial charge is 0.496 e. The maximum atomic E-state index is 12.3. The lowest BCUT2D eigenvalue weighted by atomic mass is 10.0. The molecule has 1 fully saturated rings. The number of halogens is 1. The van der Waals surface area contributed by atoms with Crippen LogP contribution in [0.4, 0.5) is 0 Å². The molecule has 19 heavy (non-hydrogen) atoms. The zero-order chi connectivity index (χ0) is 13.8. The van der Waals surface area contributed by atoms with E-state index in [9.17, 15) is 4.79 Å². The number of nitrogens with two attached hydrogens (primary N) is 1. The maximum absolute atomic E-state index is 12.3. The van der Waals surface area contributed by atoms with Gasteiger partial charge in [0, 0.05) is 29.2 Å². The van der Waals surface area contributed by atoms with Gasteiger partial charge < -0.3 is 15.4 Å². The highest BCUT2D eigenvalue weighted by Gasteiger charge is 2.21. The number of methoxy groups -OCH3 is 1. The van der Waals surface area contributed by atoms with Crippen LogP contribution in [0.15, 0.2) is 22.7 Å². The molecule has 1 amide bonds. The molecular formula is C14H19BrN2O2. The molecule has 2 N–H and O–H groups in total. The summed E-state index contributed by atoms with van der Waals surface area (Å²) in [5, 5.41) is 0. The Morgan fingerprint density at radius 2 is 2.16 bits per heavy atom. The Kier molecular flexibility index (Phi) is 4.82. The molecule has 1 saturated heterocycles. The number of rotatable bonds is 3. The first kappa shape index (κ1) is 14.3. The number of hydrogen-bond donors (Lipinski definition) is 1. The van der Waals surface area contributed by atoms with Crippen molar-refractivity contribution >= 4 is 21.8 Å². The Bertz CT molecular complexity index is 457. The quantitative estimate of drug-likeness (QED) is 0.923. The van der Waals surface area contributed by atoms with Crippen LogP contribution in [0.2, 0.25) is 0 Å². The smallest absolute Gasteiger partial charge is 0.227 e. The zero-order valence-corrected chi connectivity index (χ0v) is 12.6. The van der Waals surface area contributed by atoms with Gasteiger partial charge in [0.2, 0.25) is 5.91 Å². The summed E-state index contributed by atoms with van der Waals surface area (Å²) in [4.78, 5) is 14.2. The molecule has 0 radical (unpaired) electrons. The number of carbonyl (C=O) groups excluding carboxylic acids is 1. The molecule has 0 atom stereocenters. The Hall–Kier alpha value is -1.07. The number of carbonyl (C=O) groups is 1. The van der Waals surface area contributed by atoms with Gasteiger partial charge >= 0.3 is 0 Å². The molecule has 5 heteroatoms. The Morgan fingerprint density at radius 3 is 2.79 bits per heavy atom. The topological polar surface area (TPSA) is 55.6 Å². The normalized spacial score (nSPS) is 16.5. The van der Waals surface area contributed by atoms with Crippen molar-refractivity contribution < 1.29 is 9.53 Å². The van der Waals surface area contributed by atoms with Crippen molar-refractivity contribution in [3.63, 3.8) is 0 Å². The molecule has 1 aliphatic heterocycles. The average Bonchev–Trinajstić information content (AvgIpc) is 2.39. The van der Waals surface area contributed by atoms with Crippen LogP contribution in [0, 0.1) is 0 Å². The first-order valence-electron chi connectivity index (χ1n) is 6.46. The minimum Gasteiger partial charge on any atom is -0.496 e.